The Kier molecular flexibility index (Phi) is 5.71. The third kappa shape index (κ3) is 5.93. The molecule has 0 aromatic carbocycles. The van der Waals surface area contributed by atoms with Gasteiger partial charge in [-0.25, -0.2) is 8.42 Å². The van der Waals surface area contributed by atoms with E-state index in [-0.39, 0.29) is 11.8 Å². The van der Waals surface area contributed by atoms with Gasteiger partial charge in [0.15, 0.2) is 9.84 Å². The Morgan fingerprint density at radius 3 is 2.43 bits per heavy atom. The molecule has 14 heavy (non-hydrogen) atoms. The SMILES string of the molecule is CCNC(=O)CS(=O)(=O)CC(N)CC. The lowest BCUT2D eigenvalue weighted by Crippen LogP contribution is -2.36. The third-order valence-electron chi connectivity index (χ3n) is 1.72. The molecule has 3 N–H and O–H groups in total. The van der Waals surface area contributed by atoms with Crippen molar-refractivity contribution in [3.05, 3.63) is 0 Å². The van der Waals surface area contributed by atoms with Gasteiger partial charge in [0, 0.05) is 12.6 Å². The first kappa shape index (κ1) is 13.4. The van der Waals surface area contributed by atoms with E-state index < -0.39 is 21.5 Å². The van der Waals surface area contributed by atoms with E-state index in [4.69, 9.17) is 5.73 Å². The summed E-state index contributed by atoms with van der Waals surface area (Å²) in [7, 11) is -3.35. The molecule has 0 saturated carbocycles. The fraction of sp³-hybridized carbons (Fsp3) is 0.875. The molecule has 1 atom stereocenters. The topological polar surface area (TPSA) is 89.3 Å². The number of hydrogen-bond donors (Lipinski definition) is 2. The van der Waals surface area contributed by atoms with Crippen LogP contribution in [0, 0.1) is 0 Å². The molecule has 0 aliphatic rings. The molecule has 0 fully saturated rings. The van der Waals surface area contributed by atoms with Gasteiger partial charge in [-0.15, -0.1) is 0 Å². The number of amides is 1. The number of nitrogens with one attached hydrogen (secondary N) is 1. The largest absolute Gasteiger partial charge is 0.356 e. The predicted molar refractivity (Wildman–Crippen MR) is 55.6 cm³/mol. The van der Waals surface area contributed by atoms with Crippen LogP contribution < -0.4 is 11.1 Å². The molecule has 0 aliphatic heterocycles. The first-order chi connectivity index (χ1) is 6.41. The van der Waals surface area contributed by atoms with Gasteiger partial charge < -0.3 is 11.1 Å². The normalized spacial score (nSPS) is 13.6. The van der Waals surface area contributed by atoms with Gasteiger partial charge in [0.25, 0.3) is 0 Å². The first-order valence-corrected chi connectivity index (χ1v) is 6.46. The number of nitrogens with two attached hydrogens (primary N) is 1. The van der Waals surface area contributed by atoms with E-state index in [0.717, 1.165) is 0 Å². The fourth-order valence-electron chi connectivity index (χ4n) is 0.951. The van der Waals surface area contributed by atoms with Crippen molar-refractivity contribution in [2.24, 2.45) is 5.73 Å². The molecule has 0 aromatic rings. The van der Waals surface area contributed by atoms with Crippen molar-refractivity contribution >= 4 is 15.7 Å². The van der Waals surface area contributed by atoms with Crippen LogP contribution in [0.5, 0.6) is 0 Å². The average molecular weight is 222 g/mol. The summed E-state index contributed by atoms with van der Waals surface area (Å²) >= 11 is 0. The molecule has 0 rings (SSSR count). The quantitative estimate of drug-likeness (QED) is 0.620. The summed E-state index contributed by atoms with van der Waals surface area (Å²) in [4.78, 5) is 11.0. The van der Waals surface area contributed by atoms with Gasteiger partial charge in [-0.3, -0.25) is 4.79 Å². The Morgan fingerprint density at radius 1 is 1.43 bits per heavy atom. The number of carbonyl (C=O) groups is 1. The summed E-state index contributed by atoms with van der Waals surface area (Å²) < 4.78 is 22.7. The van der Waals surface area contributed by atoms with Crippen LogP contribution in [0.15, 0.2) is 0 Å². The zero-order chi connectivity index (χ0) is 11.2. The molecule has 0 spiro atoms. The molecule has 5 nitrogen and oxygen atoms in total. The van der Waals surface area contributed by atoms with Crippen LogP contribution in [0.25, 0.3) is 0 Å². The lowest BCUT2D eigenvalue weighted by Gasteiger charge is -2.09. The van der Waals surface area contributed by atoms with Crippen molar-refractivity contribution in [2.75, 3.05) is 18.1 Å². The highest BCUT2D eigenvalue weighted by molar-refractivity contribution is 7.92. The van der Waals surface area contributed by atoms with Crippen LogP contribution in [0.2, 0.25) is 0 Å². The summed E-state index contributed by atoms with van der Waals surface area (Å²) in [5.41, 5.74) is 5.50. The van der Waals surface area contributed by atoms with Crippen LogP contribution in [-0.4, -0.2) is 38.4 Å². The minimum atomic E-state index is -3.35. The average Bonchev–Trinajstić information content (AvgIpc) is 2.02. The van der Waals surface area contributed by atoms with Gasteiger partial charge in [0.1, 0.15) is 5.75 Å². The van der Waals surface area contributed by atoms with Crippen molar-refractivity contribution in [1.29, 1.82) is 0 Å². The number of hydrogen-bond acceptors (Lipinski definition) is 4. The second kappa shape index (κ2) is 5.98. The predicted octanol–water partition coefficient (Wildman–Crippen LogP) is -0.725. The number of carbonyl (C=O) groups excluding carboxylic acids is 1. The van der Waals surface area contributed by atoms with E-state index in [1.165, 1.54) is 0 Å². The molecule has 84 valence electrons. The molecule has 0 heterocycles. The Labute approximate surface area is 85.0 Å². The molecule has 6 heteroatoms. The molecule has 0 aliphatic carbocycles. The fourth-order valence-corrected chi connectivity index (χ4v) is 2.46. The maximum atomic E-state index is 11.3. The highest BCUT2D eigenvalue weighted by atomic mass is 32.2. The minimum Gasteiger partial charge on any atom is -0.356 e. The molecule has 0 bridgehead atoms. The van der Waals surface area contributed by atoms with E-state index >= 15 is 0 Å². The van der Waals surface area contributed by atoms with E-state index in [1.54, 1.807) is 6.92 Å². The van der Waals surface area contributed by atoms with Gasteiger partial charge in [0.2, 0.25) is 5.91 Å². The molecular weight excluding hydrogens is 204 g/mol. The Morgan fingerprint density at radius 2 is 2.00 bits per heavy atom. The van der Waals surface area contributed by atoms with Crippen LogP contribution in [0.1, 0.15) is 20.3 Å². The van der Waals surface area contributed by atoms with Crippen molar-refractivity contribution in [2.45, 2.75) is 26.3 Å². The summed E-state index contributed by atoms with van der Waals surface area (Å²) in [5, 5.41) is 2.43. The van der Waals surface area contributed by atoms with Crippen LogP contribution in [0.3, 0.4) is 0 Å². The summed E-state index contributed by atoms with van der Waals surface area (Å²) in [6, 6.07) is -0.380. The molecular formula is C8H18N2O3S. The second-order valence-corrected chi connectivity index (χ2v) is 5.29. The zero-order valence-corrected chi connectivity index (χ0v) is 9.43. The lowest BCUT2D eigenvalue weighted by atomic mass is 10.3. The molecule has 0 radical (unpaired) electrons. The van der Waals surface area contributed by atoms with E-state index in [9.17, 15) is 13.2 Å². The maximum Gasteiger partial charge on any atom is 0.235 e. The standard InChI is InChI=1S/C8H18N2O3S/c1-3-7(9)5-14(12,13)6-8(11)10-4-2/h7H,3-6,9H2,1-2H3,(H,10,11). The summed E-state index contributed by atoms with van der Waals surface area (Å²) in [6.07, 6.45) is 0.592. The zero-order valence-electron chi connectivity index (χ0n) is 8.62. The van der Waals surface area contributed by atoms with E-state index in [0.29, 0.717) is 13.0 Å². The van der Waals surface area contributed by atoms with Crippen molar-refractivity contribution < 1.29 is 13.2 Å². The Hall–Kier alpha value is -0.620. The number of sulfone groups is 1. The molecule has 0 aromatic heterocycles. The highest BCUT2D eigenvalue weighted by Crippen LogP contribution is 1.96. The van der Waals surface area contributed by atoms with E-state index in [2.05, 4.69) is 5.32 Å². The Bertz CT molecular complexity index is 274. The van der Waals surface area contributed by atoms with Crippen molar-refractivity contribution in [3.8, 4) is 0 Å². The Balaban J connectivity index is 4.14. The molecule has 1 amide bonds. The van der Waals surface area contributed by atoms with Crippen LogP contribution in [0.4, 0.5) is 0 Å². The van der Waals surface area contributed by atoms with Crippen molar-refractivity contribution in [1.82, 2.24) is 5.32 Å². The van der Waals surface area contributed by atoms with Crippen LogP contribution >= 0.6 is 0 Å². The highest BCUT2D eigenvalue weighted by Gasteiger charge is 2.18. The molecule has 1 unspecified atom stereocenters. The molecule has 0 saturated heterocycles. The van der Waals surface area contributed by atoms with Crippen LogP contribution in [-0.2, 0) is 14.6 Å². The van der Waals surface area contributed by atoms with Gasteiger partial charge in [-0.05, 0) is 13.3 Å². The lowest BCUT2D eigenvalue weighted by molar-refractivity contribution is -0.118. The maximum absolute atomic E-state index is 11.3. The van der Waals surface area contributed by atoms with Gasteiger partial charge in [-0.1, -0.05) is 6.92 Å². The van der Waals surface area contributed by atoms with E-state index in [1.807, 2.05) is 6.92 Å². The minimum absolute atomic E-state index is 0.124. The summed E-state index contributed by atoms with van der Waals surface area (Å²) in [6.45, 7) is 3.99. The number of rotatable bonds is 6. The van der Waals surface area contributed by atoms with Gasteiger partial charge >= 0.3 is 0 Å². The smallest absolute Gasteiger partial charge is 0.235 e. The second-order valence-electron chi connectivity index (χ2n) is 3.18. The monoisotopic (exact) mass is 222 g/mol. The van der Waals surface area contributed by atoms with Gasteiger partial charge in [-0.2, -0.15) is 0 Å². The third-order valence-corrected chi connectivity index (χ3v) is 3.36. The first-order valence-electron chi connectivity index (χ1n) is 4.64. The van der Waals surface area contributed by atoms with Crippen molar-refractivity contribution in [3.63, 3.8) is 0 Å². The summed E-state index contributed by atoms with van der Waals surface area (Å²) in [5.74, 6) is -1.05. The van der Waals surface area contributed by atoms with Gasteiger partial charge in [0.05, 0.1) is 5.75 Å².